The SMILES string of the molecule is CN1C(=O)CC(c2c[nH]c3ccccc23)C1=O.CN1CCC(c2c[nH]c3ccccc23)C1.[AlH3].[H-].[Li+]. The van der Waals surface area contributed by atoms with Crippen LogP contribution in [0.3, 0.4) is 0 Å². The second kappa shape index (κ2) is 11.0. The van der Waals surface area contributed by atoms with Crippen molar-refractivity contribution in [3.05, 3.63) is 72.1 Å². The third-order valence-electron chi connectivity index (χ3n) is 6.83. The predicted octanol–water partition coefficient (Wildman–Crippen LogP) is 0.160. The number of likely N-dealkylation sites (tertiary alicyclic amines) is 2. The van der Waals surface area contributed by atoms with Crippen molar-refractivity contribution in [3.8, 4) is 0 Å². The molecule has 34 heavy (non-hydrogen) atoms. The monoisotopic (exact) mass is 466 g/mol. The summed E-state index contributed by atoms with van der Waals surface area (Å²) in [6.45, 7) is 2.42. The molecule has 0 bridgehead atoms. The number of fused-ring (bicyclic) bond motifs is 2. The average molecular weight is 466 g/mol. The topological polar surface area (TPSA) is 72.2 Å². The molecule has 2 aromatic carbocycles. The molecule has 2 unspecified atom stereocenters. The van der Waals surface area contributed by atoms with E-state index in [-0.39, 0.29) is 61.8 Å². The van der Waals surface area contributed by atoms with Crippen LogP contribution in [0.4, 0.5) is 0 Å². The first-order chi connectivity index (χ1) is 15.5. The fraction of sp³-hybridized carbons (Fsp3) is 0.308. The zero-order chi connectivity index (χ0) is 22.2. The average Bonchev–Trinajstić information content (AvgIpc) is 3.58. The van der Waals surface area contributed by atoms with Gasteiger partial charge in [-0.15, -0.1) is 0 Å². The molecule has 6 rings (SSSR count). The van der Waals surface area contributed by atoms with E-state index in [1.54, 1.807) is 7.05 Å². The van der Waals surface area contributed by atoms with Gasteiger partial charge in [0.1, 0.15) is 0 Å². The van der Waals surface area contributed by atoms with E-state index in [1.165, 1.54) is 40.9 Å². The molecular weight excluding hydrogens is 434 g/mol. The second-order valence-corrected chi connectivity index (χ2v) is 8.87. The predicted molar refractivity (Wildman–Crippen MR) is 138 cm³/mol. The Morgan fingerprint density at radius 1 is 0.882 bits per heavy atom. The number of para-hydroxylation sites is 2. The Hall–Kier alpha value is -2.25. The Kier molecular flexibility index (Phi) is 8.52. The molecular formula is C26H32AlLiN4O2. The molecule has 172 valence electrons. The Morgan fingerprint density at radius 3 is 1.97 bits per heavy atom. The summed E-state index contributed by atoms with van der Waals surface area (Å²) in [5, 5.41) is 2.42. The molecule has 0 radical (unpaired) electrons. The minimum absolute atomic E-state index is 0. The molecule has 2 saturated heterocycles. The van der Waals surface area contributed by atoms with Crippen molar-refractivity contribution in [1.82, 2.24) is 19.8 Å². The van der Waals surface area contributed by atoms with Gasteiger partial charge in [0, 0.05) is 54.2 Å². The zero-order valence-electron chi connectivity index (χ0n) is 20.5. The number of imide groups is 1. The maximum atomic E-state index is 11.9. The molecule has 2 amide bonds. The number of carbonyl (C=O) groups excluding carboxylic acids is 2. The molecule has 2 N–H and O–H groups in total. The van der Waals surface area contributed by atoms with Crippen LogP contribution in [0.5, 0.6) is 0 Å². The van der Waals surface area contributed by atoms with Crippen LogP contribution in [0.15, 0.2) is 60.9 Å². The van der Waals surface area contributed by atoms with Gasteiger partial charge in [0.25, 0.3) is 0 Å². The van der Waals surface area contributed by atoms with Gasteiger partial charge in [0.05, 0.1) is 5.92 Å². The number of hydrogen-bond acceptors (Lipinski definition) is 3. The number of aromatic amines is 2. The van der Waals surface area contributed by atoms with Crippen LogP contribution in [0.25, 0.3) is 21.8 Å². The minimum Gasteiger partial charge on any atom is -1.00 e. The van der Waals surface area contributed by atoms with Gasteiger partial charge in [-0.25, -0.2) is 0 Å². The first-order valence-electron chi connectivity index (χ1n) is 11.1. The number of hydrogen-bond donors (Lipinski definition) is 2. The summed E-state index contributed by atoms with van der Waals surface area (Å²) >= 11 is 0. The molecule has 4 aromatic rings. The first kappa shape index (κ1) is 26.4. The second-order valence-electron chi connectivity index (χ2n) is 8.87. The quantitative estimate of drug-likeness (QED) is 0.327. The van der Waals surface area contributed by atoms with Crippen molar-refractivity contribution in [1.29, 1.82) is 0 Å². The molecule has 2 atom stereocenters. The molecule has 8 heteroatoms. The summed E-state index contributed by atoms with van der Waals surface area (Å²) in [6, 6.07) is 16.4. The first-order valence-corrected chi connectivity index (χ1v) is 11.1. The summed E-state index contributed by atoms with van der Waals surface area (Å²) in [5.41, 5.74) is 4.68. The molecule has 6 nitrogen and oxygen atoms in total. The van der Waals surface area contributed by atoms with Crippen molar-refractivity contribution in [2.24, 2.45) is 0 Å². The molecule has 2 aromatic heterocycles. The van der Waals surface area contributed by atoms with Crippen LogP contribution in [-0.2, 0) is 9.59 Å². The van der Waals surface area contributed by atoms with E-state index < -0.39 is 0 Å². The third kappa shape index (κ3) is 4.91. The number of H-pyrrole nitrogens is 2. The minimum atomic E-state index is -0.330. The van der Waals surface area contributed by atoms with Gasteiger partial charge in [0.15, 0.2) is 17.4 Å². The van der Waals surface area contributed by atoms with Gasteiger partial charge in [-0.3, -0.25) is 14.5 Å². The van der Waals surface area contributed by atoms with Crippen LogP contribution < -0.4 is 18.9 Å². The number of aromatic nitrogens is 2. The maximum Gasteiger partial charge on any atom is 1.00 e. The Bertz CT molecular complexity index is 1310. The molecule has 4 heterocycles. The summed E-state index contributed by atoms with van der Waals surface area (Å²) in [6.07, 6.45) is 5.59. The molecule has 2 fully saturated rings. The van der Waals surface area contributed by atoms with Crippen molar-refractivity contribution in [2.45, 2.75) is 24.7 Å². The van der Waals surface area contributed by atoms with Crippen LogP contribution in [0.2, 0.25) is 0 Å². The Morgan fingerprint density at radius 2 is 1.44 bits per heavy atom. The fourth-order valence-corrected chi connectivity index (χ4v) is 5.00. The van der Waals surface area contributed by atoms with Crippen molar-refractivity contribution >= 4 is 51.0 Å². The zero-order valence-corrected chi connectivity index (χ0v) is 19.5. The fourth-order valence-electron chi connectivity index (χ4n) is 5.00. The third-order valence-corrected chi connectivity index (χ3v) is 6.83. The molecule has 0 saturated carbocycles. The number of nitrogens with one attached hydrogen (secondary N) is 2. The number of carbonyl (C=O) groups is 2. The van der Waals surface area contributed by atoms with Crippen LogP contribution in [-0.4, -0.2) is 76.1 Å². The number of benzene rings is 2. The van der Waals surface area contributed by atoms with Gasteiger partial charge in [-0.1, -0.05) is 36.4 Å². The summed E-state index contributed by atoms with van der Waals surface area (Å²) in [7, 11) is 3.74. The van der Waals surface area contributed by atoms with Crippen LogP contribution in [0, 0.1) is 0 Å². The van der Waals surface area contributed by atoms with E-state index in [1.807, 2.05) is 30.5 Å². The van der Waals surface area contributed by atoms with E-state index in [2.05, 4.69) is 52.4 Å². The van der Waals surface area contributed by atoms with Crippen LogP contribution >= 0.6 is 0 Å². The van der Waals surface area contributed by atoms with E-state index in [0.29, 0.717) is 5.92 Å². The molecule has 0 spiro atoms. The Balaban J connectivity index is 0.000000229. The molecule has 2 aliphatic heterocycles. The van der Waals surface area contributed by atoms with Crippen molar-refractivity contribution in [3.63, 3.8) is 0 Å². The largest absolute Gasteiger partial charge is 1.00 e. The number of nitrogens with zero attached hydrogens (tertiary/aromatic N) is 2. The normalized spacial score (nSPS) is 20.2. The van der Waals surface area contributed by atoms with Crippen molar-refractivity contribution in [2.75, 3.05) is 27.2 Å². The van der Waals surface area contributed by atoms with E-state index in [9.17, 15) is 9.59 Å². The van der Waals surface area contributed by atoms with E-state index >= 15 is 0 Å². The number of rotatable bonds is 2. The molecule has 0 aliphatic carbocycles. The summed E-state index contributed by atoms with van der Waals surface area (Å²) in [4.78, 5) is 33.6. The smallest absolute Gasteiger partial charge is 1.00 e. The summed E-state index contributed by atoms with van der Waals surface area (Å²) in [5.74, 6) is 0.167. The number of amides is 2. The van der Waals surface area contributed by atoms with Crippen molar-refractivity contribution < 1.29 is 29.9 Å². The van der Waals surface area contributed by atoms with Crippen LogP contribution in [0.1, 0.15) is 37.2 Å². The van der Waals surface area contributed by atoms with Gasteiger partial charge in [0.2, 0.25) is 11.8 Å². The van der Waals surface area contributed by atoms with E-state index in [4.69, 9.17) is 0 Å². The standard InChI is InChI=1S/C13H12N2O2.C13H16N2.Al.Li.4H/c1-15-12(16)6-9(13(15)17)10-7-14-11-5-3-2-4-8(10)11;1-15-7-6-10(9-15)12-8-14-13-5-3-2-4-11(12)13;;;;;;/h2-5,7,9,14H,6H2,1H3;2-5,8,10,14H,6-7,9H2,1H3;;;;;;/q;;;+1;;;;-1. The Labute approximate surface area is 223 Å². The van der Waals surface area contributed by atoms with Gasteiger partial charge in [-0.2, -0.15) is 0 Å². The summed E-state index contributed by atoms with van der Waals surface area (Å²) < 4.78 is 0. The van der Waals surface area contributed by atoms with E-state index in [0.717, 1.165) is 16.5 Å². The molecule has 2 aliphatic rings. The van der Waals surface area contributed by atoms with Gasteiger partial charge in [-0.05, 0) is 49.2 Å². The maximum absolute atomic E-state index is 11.9. The number of likely N-dealkylation sites (N-methyl/N-ethyl adjacent to an activating group) is 2. The van der Waals surface area contributed by atoms with Gasteiger partial charge < -0.3 is 16.3 Å². The van der Waals surface area contributed by atoms with Gasteiger partial charge >= 0.3 is 18.9 Å².